The molecular formula is C12H9F2NO3. The molecule has 0 bridgehead atoms. The second-order valence-electron chi connectivity index (χ2n) is 3.55. The van der Waals surface area contributed by atoms with Crippen LogP contribution in [0.1, 0.15) is 16.3 Å². The van der Waals surface area contributed by atoms with Gasteiger partial charge in [-0.1, -0.05) is 0 Å². The lowest BCUT2D eigenvalue weighted by atomic mass is 10.3. The average molecular weight is 253 g/mol. The second-order valence-corrected chi connectivity index (χ2v) is 3.55. The van der Waals surface area contributed by atoms with Crippen molar-refractivity contribution in [3.05, 3.63) is 53.5 Å². The van der Waals surface area contributed by atoms with Crippen LogP contribution in [0.2, 0.25) is 0 Å². The van der Waals surface area contributed by atoms with Gasteiger partial charge in [0.2, 0.25) is 5.76 Å². The first-order valence-corrected chi connectivity index (χ1v) is 5.07. The number of aromatic carboxylic acids is 1. The SMILES string of the molecule is O=C(O)c1ccc(CNc2ccc(F)c(F)c2)o1. The number of carboxylic acids is 1. The topological polar surface area (TPSA) is 62.5 Å². The molecule has 1 heterocycles. The zero-order valence-electron chi connectivity index (χ0n) is 9.11. The summed E-state index contributed by atoms with van der Waals surface area (Å²) in [6.07, 6.45) is 0. The molecule has 0 radical (unpaired) electrons. The summed E-state index contributed by atoms with van der Waals surface area (Å²) in [4.78, 5) is 10.6. The summed E-state index contributed by atoms with van der Waals surface area (Å²) in [7, 11) is 0. The van der Waals surface area contributed by atoms with Gasteiger partial charge >= 0.3 is 5.97 Å². The molecule has 2 aromatic rings. The molecule has 1 aromatic heterocycles. The summed E-state index contributed by atoms with van der Waals surface area (Å²) in [5.74, 6) is -2.82. The highest BCUT2D eigenvalue weighted by atomic mass is 19.2. The van der Waals surface area contributed by atoms with Gasteiger partial charge in [-0.15, -0.1) is 0 Å². The molecule has 0 aliphatic rings. The van der Waals surface area contributed by atoms with E-state index in [0.717, 1.165) is 12.1 Å². The first-order chi connectivity index (χ1) is 8.56. The maximum absolute atomic E-state index is 12.9. The summed E-state index contributed by atoms with van der Waals surface area (Å²) in [6, 6.07) is 6.21. The second kappa shape index (κ2) is 4.87. The smallest absolute Gasteiger partial charge is 0.371 e. The first-order valence-electron chi connectivity index (χ1n) is 5.07. The zero-order chi connectivity index (χ0) is 13.1. The fourth-order valence-corrected chi connectivity index (χ4v) is 1.38. The quantitative estimate of drug-likeness (QED) is 0.879. The largest absolute Gasteiger partial charge is 0.475 e. The molecule has 1 aromatic carbocycles. The standard InChI is InChI=1S/C12H9F2NO3/c13-9-3-1-7(5-10(9)14)15-6-8-2-4-11(18-8)12(16)17/h1-5,15H,6H2,(H,16,17). The third-order valence-corrected chi connectivity index (χ3v) is 2.26. The molecule has 2 N–H and O–H groups in total. The number of nitrogens with one attached hydrogen (secondary N) is 1. The van der Waals surface area contributed by atoms with E-state index < -0.39 is 17.6 Å². The van der Waals surface area contributed by atoms with Gasteiger partial charge in [0.1, 0.15) is 5.76 Å². The lowest BCUT2D eigenvalue weighted by Crippen LogP contribution is -1.99. The predicted molar refractivity (Wildman–Crippen MR) is 59.4 cm³/mol. The van der Waals surface area contributed by atoms with Crippen molar-refractivity contribution in [1.29, 1.82) is 0 Å². The van der Waals surface area contributed by atoms with E-state index in [1.807, 2.05) is 0 Å². The van der Waals surface area contributed by atoms with Crippen LogP contribution in [-0.4, -0.2) is 11.1 Å². The molecule has 0 amide bonds. The Morgan fingerprint density at radius 1 is 1.22 bits per heavy atom. The number of hydrogen-bond donors (Lipinski definition) is 2. The van der Waals surface area contributed by atoms with E-state index >= 15 is 0 Å². The van der Waals surface area contributed by atoms with Gasteiger partial charge < -0.3 is 14.8 Å². The molecule has 0 atom stereocenters. The van der Waals surface area contributed by atoms with Gasteiger partial charge in [0.15, 0.2) is 11.6 Å². The zero-order valence-corrected chi connectivity index (χ0v) is 9.11. The summed E-state index contributed by atoms with van der Waals surface area (Å²) in [5.41, 5.74) is 0.377. The van der Waals surface area contributed by atoms with Gasteiger partial charge in [0.25, 0.3) is 0 Å². The van der Waals surface area contributed by atoms with Gasteiger partial charge in [0, 0.05) is 11.8 Å². The van der Waals surface area contributed by atoms with Crippen molar-refractivity contribution in [3.63, 3.8) is 0 Å². The third-order valence-electron chi connectivity index (χ3n) is 2.26. The van der Waals surface area contributed by atoms with Crippen molar-refractivity contribution >= 4 is 11.7 Å². The van der Waals surface area contributed by atoms with Crippen molar-refractivity contribution in [3.8, 4) is 0 Å². The number of hydrogen-bond acceptors (Lipinski definition) is 3. The summed E-state index contributed by atoms with van der Waals surface area (Å²) in [6.45, 7) is 0.179. The van der Waals surface area contributed by atoms with E-state index in [4.69, 9.17) is 9.52 Å². The molecule has 2 rings (SSSR count). The normalized spacial score (nSPS) is 10.3. The van der Waals surface area contributed by atoms with E-state index in [1.165, 1.54) is 18.2 Å². The maximum atomic E-state index is 12.9. The number of furan rings is 1. The highest BCUT2D eigenvalue weighted by Crippen LogP contribution is 2.15. The molecule has 0 fully saturated rings. The molecule has 18 heavy (non-hydrogen) atoms. The molecule has 0 saturated carbocycles. The monoisotopic (exact) mass is 253 g/mol. The van der Waals surface area contributed by atoms with Crippen LogP contribution in [-0.2, 0) is 6.54 Å². The molecule has 4 nitrogen and oxygen atoms in total. The molecule has 6 heteroatoms. The Morgan fingerprint density at radius 3 is 2.61 bits per heavy atom. The average Bonchev–Trinajstić information content (AvgIpc) is 2.79. The Hall–Kier alpha value is -2.37. The van der Waals surface area contributed by atoms with Gasteiger partial charge in [-0.05, 0) is 24.3 Å². The minimum absolute atomic E-state index is 0.169. The van der Waals surface area contributed by atoms with Crippen LogP contribution in [0.5, 0.6) is 0 Å². The lowest BCUT2D eigenvalue weighted by molar-refractivity contribution is 0.0660. The van der Waals surface area contributed by atoms with Crippen LogP contribution in [0.3, 0.4) is 0 Å². The van der Waals surface area contributed by atoms with Crippen molar-refractivity contribution in [2.75, 3.05) is 5.32 Å². The molecule has 0 aliphatic carbocycles. The molecular weight excluding hydrogens is 244 g/mol. The fourth-order valence-electron chi connectivity index (χ4n) is 1.38. The van der Waals surface area contributed by atoms with Crippen LogP contribution in [0.15, 0.2) is 34.7 Å². The lowest BCUT2D eigenvalue weighted by Gasteiger charge is -2.04. The van der Waals surface area contributed by atoms with E-state index in [-0.39, 0.29) is 12.3 Å². The van der Waals surface area contributed by atoms with E-state index in [9.17, 15) is 13.6 Å². The molecule has 0 spiro atoms. The Balaban J connectivity index is 2.02. The van der Waals surface area contributed by atoms with Gasteiger partial charge in [-0.2, -0.15) is 0 Å². The summed E-state index contributed by atoms with van der Waals surface area (Å²) < 4.78 is 30.6. The van der Waals surface area contributed by atoms with Gasteiger partial charge in [0.05, 0.1) is 6.54 Å². The van der Waals surface area contributed by atoms with Gasteiger partial charge in [-0.3, -0.25) is 0 Å². The first kappa shape index (κ1) is 12.1. The van der Waals surface area contributed by atoms with Crippen molar-refractivity contribution < 1.29 is 23.1 Å². The van der Waals surface area contributed by atoms with Crippen molar-refractivity contribution in [2.45, 2.75) is 6.54 Å². The van der Waals surface area contributed by atoms with Crippen LogP contribution < -0.4 is 5.32 Å². The maximum Gasteiger partial charge on any atom is 0.371 e. The highest BCUT2D eigenvalue weighted by molar-refractivity contribution is 5.84. The molecule has 0 unspecified atom stereocenters. The number of carboxylic acid groups (broad SMARTS) is 1. The Kier molecular flexibility index (Phi) is 3.27. The fraction of sp³-hybridized carbons (Fsp3) is 0.0833. The van der Waals surface area contributed by atoms with Crippen molar-refractivity contribution in [1.82, 2.24) is 0 Å². The number of rotatable bonds is 4. The van der Waals surface area contributed by atoms with E-state index in [0.29, 0.717) is 11.4 Å². The Morgan fingerprint density at radius 2 is 2.00 bits per heavy atom. The molecule has 0 aliphatic heterocycles. The Bertz CT molecular complexity index is 580. The number of benzene rings is 1. The predicted octanol–water partition coefficient (Wildman–Crippen LogP) is 2.87. The van der Waals surface area contributed by atoms with Crippen LogP contribution in [0.4, 0.5) is 14.5 Å². The number of anilines is 1. The molecule has 0 saturated heterocycles. The van der Waals surface area contributed by atoms with Gasteiger partial charge in [-0.25, -0.2) is 13.6 Å². The molecule has 94 valence electrons. The summed E-state index contributed by atoms with van der Waals surface area (Å²) >= 11 is 0. The summed E-state index contributed by atoms with van der Waals surface area (Å²) in [5, 5.41) is 11.4. The number of carbonyl (C=O) groups is 1. The van der Waals surface area contributed by atoms with Crippen LogP contribution in [0.25, 0.3) is 0 Å². The minimum atomic E-state index is -1.16. The van der Waals surface area contributed by atoms with Crippen LogP contribution in [0, 0.1) is 11.6 Å². The van der Waals surface area contributed by atoms with Crippen LogP contribution >= 0.6 is 0 Å². The Labute approximate surface area is 101 Å². The third kappa shape index (κ3) is 2.65. The van der Waals surface area contributed by atoms with E-state index in [2.05, 4.69) is 5.32 Å². The highest BCUT2D eigenvalue weighted by Gasteiger charge is 2.09. The van der Waals surface area contributed by atoms with E-state index in [1.54, 1.807) is 0 Å². The van der Waals surface area contributed by atoms with Crippen molar-refractivity contribution in [2.24, 2.45) is 0 Å². The number of halogens is 2. The minimum Gasteiger partial charge on any atom is -0.475 e.